The van der Waals surface area contributed by atoms with E-state index in [4.69, 9.17) is 0 Å². The van der Waals surface area contributed by atoms with Gasteiger partial charge in [-0.25, -0.2) is 8.42 Å². The summed E-state index contributed by atoms with van der Waals surface area (Å²) in [5.74, 6) is 0.758. The van der Waals surface area contributed by atoms with Crippen LogP contribution in [0.4, 0.5) is 5.69 Å². The second-order valence-electron chi connectivity index (χ2n) is 6.51. The van der Waals surface area contributed by atoms with Crippen LogP contribution >= 0.6 is 11.8 Å². The Labute approximate surface area is 165 Å². The molecule has 27 heavy (non-hydrogen) atoms. The number of rotatable bonds is 6. The molecule has 1 saturated heterocycles. The molecule has 1 aliphatic rings. The Morgan fingerprint density at radius 2 is 1.93 bits per heavy atom. The number of anilines is 1. The average molecular weight is 405 g/mol. The second-order valence-corrected chi connectivity index (χ2v) is 9.70. The monoisotopic (exact) mass is 404 g/mol. The van der Waals surface area contributed by atoms with Crippen LogP contribution < -0.4 is 9.62 Å². The normalized spacial score (nSPS) is 16.1. The highest BCUT2D eigenvalue weighted by atomic mass is 32.2. The summed E-state index contributed by atoms with van der Waals surface area (Å²) in [7, 11) is -3.29. The molecule has 1 amide bonds. The van der Waals surface area contributed by atoms with E-state index in [2.05, 4.69) is 5.32 Å². The third-order valence-corrected chi connectivity index (χ3v) is 7.36. The van der Waals surface area contributed by atoms with Crippen molar-refractivity contribution >= 4 is 33.4 Å². The predicted octanol–water partition coefficient (Wildman–Crippen LogP) is 3.45. The molecule has 1 fully saturated rings. The summed E-state index contributed by atoms with van der Waals surface area (Å²) in [5, 5.41) is 2.91. The van der Waals surface area contributed by atoms with Gasteiger partial charge in [0.05, 0.1) is 11.4 Å². The number of nitrogens with zero attached hydrogens (tertiary/aromatic N) is 1. The number of aryl methyl sites for hydroxylation is 1. The van der Waals surface area contributed by atoms with Gasteiger partial charge in [0.15, 0.2) is 0 Å². The van der Waals surface area contributed by atoms with Crippen LogP contribution in [0.1, 0.15) is 28.8 Å². The molecule has 0 aliphatic carbocycles. The first-order valence-electron chi connectivity index (χ1n) is 9.04. The van der Waals surface area contributed by atoms with Gasteiger partial charge in [-0.3, -0.25) is 9.10 Å². The molecular formula is C20H24N2O3S2. The third-order valence-electron chi connectivity index (χ3n) is 4.49. The molecule has 1 heterocycles. The van der Waals surface area contributed by atoms with Crippen molar-refractivity contribution in [3.8, 4) is 0 Å². The minimum absolute atomic E-state index is 0.166. The molecular weight excluding hydrogens is 380 g/mol. The van der Waals surface area contributed by atoms with Gasteiger partial charge in [-0.05, 0) is 49.6 Å². The van der Waals surface area contributed by atoms with Gasteiger partial charge in [-0.15, -0.1) is 11.8 Å². The lowest BCUT2D eigenvalue weighted by Crippen LogP contribution is -2.38. The number of sulfonamides is 1. The molecule has 0 bridgehead atoms. The van der Waals surface area contributed by atoms with E-state index >= 15 is 0 Å². The number of carbonyl (C=O) groups is 1. The first-order chi connectivity index (χ1) is 13.0. The quantitative estimate of drug-likeness (QED) is 0.592. The van der Waals surface area contributed by atoms with E-state index in [1.165, 1.54) is 9.20 Å². The minimum Gasteiger partial charge on any atom is -0.351 e. The fourth-order valence-electron chi connectivity index (χ4n) is 3.03. The Hall–Kier alpha value is -1.99. The number of nitrogens with one attached hydrogen (secondary N) is 1. The number of carbonyl (C=O) groups excluding carboxylic acids is 1. The highest BCUT2D eigenvalue weighted by molar-refractivity contribution is 7.99. The van der Waals surface area contributed by atoms with Gasteiger partial charge in [-0.2, -0.15) is 0 Å². The van der Waals surface area contributed by atoms with Crippen LogP contribution in [0.25, 0.3) is 0 Å². The SMILES string of the molecule is Cc1ccc(C(=O)NCCSc2ccccc2)cc1N1CCCCS1(=O)=O. The highest BCUT2D eigenvalue weighted by Gasteiger charge is 2.27. The van der Waals surface area contributed by atoms with Crippen molar-refractivity contribution in [1.29, 1.82) is 0 Å². The van der Waals surface area contributed by atoms with Crippen LogP contribution in [-0.2, 0) is 10.0 Å². The van der Waals surface area contributed by atoms with E-state index in [0.717, 1.165) is 17.7 Å². The molecule has 0 radical (unpaired) electrons. The van der Waals surface area contributed by atoms with E-state index in [0.29, 0.717) is 30.8 Å². The lowest BCUT2D eigenvalue weighted by Gasteiger charge is -2.29. The molecule has 2 aromatic carbocycles. The van der Waals surface area contributed by atoms with Crippen LogP contribution in [0.5, 0.6) is 0 Å². The van der Waals surface area contributed by atoms with E-state index in [1.54, 1.807) is 23.9 Å². The fraction of sp³-hybridized carbons (Fsp3) is 0.350. The van der Waals surface area contributed by atoms with E-state index in [1.807, 2.05) is 43.3 Å². The lowest BCUT2D eigenvalue weighted by molar-refractivity contribution is 0.0956. The molecule has 7 heteroatoms. The van der Waals surface area contributed by atoms with E-state index < -0.39 is 10.0 Å². The van der Waals surface area contributed by atoms with Crippen LogP contribution in [0.3, 0.4) is 0 Å². The van der Waals surface area contributed by atoms with Crippen LogP contribution in [0.15, 0.2) is 53.4 Å². The fourth-order valence-corrected chi connectivity index (χ4v) is 5.51. The van der Waals surface area contributed by atoms with Gasteiger partial charge in [0, 0.05) is 29.3 Å². The lowest BCUT2D eigenvalue weighted by atomic mass is 10.1. The van der Waals surface area contributed by atoms with Gasteiger partial charge in [0.2, 0.25) is 10.0 Å². The molecule has 0 unspecified atom stereocenters. The van der Waals surface area contributed by atoms with Gasteiger partial charge >= 0.3 is 0 Å². The van der Waals surface area contributed by atoms with E-state index in [-0.39, 0.29) is 11.7 Å². The van der Waals surface area contributed by atoms with Gasteiger partial charge in [0.25, 0.3) is 5.91 Å². The molecule has 0 aromatic heterocycles. The summed E-state index contributed by atoms with van der Waals surface area (Å²) in [6, 6.07) is 15.3. The van der Waals surface area contributed by atoms with Crippen molar-refractivity contribution in [2.24, 2.45) is 0 Å². The standard InChI is InChI=1S/C20H24N2O3S2/c1-16-9-10-17(15-19(16)22-12-5-6-14-27(22,24)25)20(23)21-11-13-26-18-7-3-2-4-8-18/h2-4,7-10,15H,5-6,11-14H2,1H3,(H,21,23). The molecule has 2 aromatic rings. The summed E-state index contributed by atoms with van der Waals surface area (Å²) in [6.07, 6.45) is 1.53. The van der Waals surface area contributed by atoms with Crippen molar-refractivity contribution in [2.45, 2.75) is 24.7 Å². The van der Waals surface area contributed by atoms with E-state index in [9.17, 15) is 13.2 Å². The zero-order valence-corrected chi connectivity index (χ0v) is 17.0. The molecule has 1 N–H and O–H groups in total. The first kappa shape index (κ1) is 19.8. The maximum atomic E-state index is 12.5. The zero-order chi connectivity index (χ0) is 19.3. The summed E-state index contributed by atoms with van der Waals surface area (Å²) in [5.41, 5.74) is 1.96. The summed E-state index contributed by atoms with van der Waals surface area (Å²) in [4.78, 5) is 13.6. The number of hydrogen-bond donors (Lipinski definition) is 1. The Balaban J connectivity index is 1.63. The van der Waals surface area contributed by atoms with Crippen molar-refractivity contribution in [3.05, 3.63) is 59.7 Å². The molecule has 1 aliphatic heterocycles. The summed E-state index contributed by atoms with van der Waals surface area (Å²) in [6.45, 7) is 2.89. The van der Waals surface area contributed by atoms with Crippen molar-refractivity contribution in [2.75, 3.05) is 28.9 Å². The van der Waals surface area contributed by atoms with Crippen LogP contribution in [-0.4, -0.2) is 38.9 Å². The maximum Gasteiger partial charge on any atom is 0.251 e. The molecule has 0 atom stereocenters. The smallest absolute Gasteiger partial charge is 0.251 e. The van der Waals surface area contributed by atoms with Gasteiger partial charge in [0.1, 0.15) is 0 Å². The van der Waals surface area contributed by atoms with Crippen molar-refractivity contribution in [1.82, 2.24) is 5.32 Å². The summed E-state index contributed by atoms with van der Waals surface area (Å²) >= 11 is 1.68. The Kier molecular flexibility index (Phi) is 6.44. The maximum absolute atomic E-state index is 12.5. The number of benzene rings is 2. The second kappa shape index (κ2) is 8.80. The van der Waals surface area contributed by atoms with Crippen LogP contribution in [0, 0.1) is 6.92 Å². The zero-order valence-electron chi connectivity index (χ0n) is 15.3. The summed E-state index contributed by atoms with van der Waals surface area (Å²) < 4.78 is 26.2. The molecule has 3 rings (SSSR count). The minimum atomic E-state index is -3.29. The van der Waals surface area contributed by atoms with Gasteiger partial charge < -0.3 is 5.32 Å². The number of thioether (sulfide) groups is 1. The average Bonchev–Trinajstić information content (AvgIpc) is 2.66. The number of amides is 1. The Morgan fingerprint density at radius 1 is 1.15 bits per heavy atom. The highest BCUT2D eigenvalue weighted by Crippen LogP contribution is 2.28. The van der Waals surface area contributed by atoms with Crippen LogP contribution in [0.2, 0.25) is 0 Å². The largest absolute Gasteiger partial charge is 0.351 e. The molecule has 0 saturated carbocycles. The topological polar surface area (TPSA) is 66.5 Å². The predicted molar refractivity (Wildman–Crippen MR) is 111 cm³/mol. The van der Waals surface area contributed by atoms with Gasteiger partial charge in [-0.1, -0.05) is 24.3 Å². The third kappa shape index (κ3) is 5.05. The Bertz CT molecular complexity index is 899. The molecule has 144 valence electrons. The van der Waals surface area contributed by atoms with Crippen molar-refractivity contribution < 1.29 is 13.2 Å². The number of hydrogen-bond acceptors (Lipinski definition) is 4. The molecule has 0 spiro atoms. The first-order valence-corrected chi connectivity index (χ1v) is 11.6. The molecule has 5 nitrogen and oxygen atoms in total. The van der Waals surface area contributed by atoms with Crippen molar-refractivity contribution in [3.63, 3.8) is 0 Å². The Morgan fingerprint density at radius 3 is 2.67 bits per heavy atom.